The summed E-state index contributed by atoms with van der Waals surface area (Å²) in [5.41, 5.74) is 0.761. The number of benzene rings is 2. The third-order valence-corrected chi connectivity index (χ3v) is 5.48. The van der Waals surface area contributed by atoms with Crippen LogP contribution in [0.2, 0.25) is 5.02 Å². The highest BCUT2D eigenvalue weighted by atomic mass is 35.5. The zero-order chi connectivity index (χ0) is 20.2. The Kier molecular flexibility index (Phi) is 5.69. The monoisotopic (exact) mass is 428 g/mol. The molecule has 2 N–H and O–H groups in total. The lowest BCUT2D eigenvalue weighted by atomic mass is 10.1. The van der Waals surface area contributed by atoms with Gasteiger partial charge in [-0.05, 0) is 41.8 Å². The molecule has 2 amide bonds. The van der Waals surface area contributed by atoms with Gasteiger partial charge >= 0.3 is 0 Å². The molecule has 29 heavy (non-hydrogen) atoms. The Morgan fingerprint density at radius 1 is 1.07 bits per heavy atom. The number of thiophene rings is 1. The summed E-state index contributed by atoms with van der Waals surface area (Å²) >= 11 is 7.50. The van der Waals surface area contributed by atoms with Crippen LogP contribution in [0.1, 0.15) is 20.0 Å². The van der Waals surface area contributed by atoms with Crippen LogP contribution in [-0.4, -0.2) is 31.1 Å². The fourth-order valence-corrected chi connectivity index (χ4v) is 3.61. The van der Waals surface area contributed by atoms with Crippen LogP contribution in [0.25, 0.3) is 0 Å². The van der Waals surface area contributed by atoms with E-state index in [9.17, 15) is 9.59 Å². The largest absolute Gasteiger partial charge is 0.486 e. The maximum atomic E-state index is 12.5. The number of halogens is 1. The van der Waals surface area contributed by atoms with Gasteiger partial charge in [0.15, 0.2) is 11.5 Å². The lowest BCUT2D eigenvalue weighted by molar-refractivity contribution is 0.0789. The van der Waals surface area contributed by atoms with E-state index in [0.717, 1.165) is 0 Å². The summed E-state index contributed by atoms with van der Waals surface area (Å²) in [4.78, 5) is 25.4. The average Bonchev–Trinajstić information content (AvgIpc) is 3.28. The van der Waals surface area contributed by atoms with Crippen LogP contribution in [0, 0.1) is 0 Å². The maximum absolute atomic E-state index is 12.5. The number of ether oxygens (including phenoxy) is 2. The van der Waals surface area contributed by atoms with Crippen LogP contribution in [0.4, 0.5) is 5.69 Å². The Bertz CT molecular complexity index is 1040. The van der Waals surface area contributed by atoms with Crippen LogP contribution in [0.15, 0.2) is 60.0 Å². The topological polar surface area (TPSA) is 76.7 Å². The van der Waals surface area contributed by atoms with E-state index in [1.165, 1.54) is 11.3 Å². The molecule has 1 aliphatic heterocycles. The van der Waals surface area contributed by atoms with Crippen molar-refractivity contribution in [2.75, 3.05) is 18.5 Å². The van der Waals surface area contributed by atoms with Crippen molar-refractivity contribution in [3.05, 3.63) is 75.4 Å². The predicted octanol–water partition coefficient (Wildman–Crippen LogP) is 4.22. The standard InChI is InChI=1S/C21H17ClN2O4S/c22-15-8-7-13(10-16(15)24-21(26)19-6-3-9-29-19)20(25)23-11-14-12-27-17-4-1-2-5-18(17)28-14/h1-10,14H,11-12H2,(H,23,25)(H,24,26)/t14-/m1/s1. The highest BCUT2D eigenvalue weighted by Gasteiger charge is 2.21. The number of hydrogen-bond acceptors (Lipinski definition) is 5. The first-order valence-corrected chi connectivity index (χ1v) is 10.2. The highest BCUT2D eigenvalue weighted by molar-refractivity contribution is 7.12. The van der Waals surface area contributed by atoms with Crippen molar-refractivity contribution in [1.82, 2.24) is 5.32 Å². The lowest BCUT2D eigenvalue weighted by Crippen LogP contribution is -2.40. The first-order valence-electron chi connectivity index (χ1n) is 8.91. The third-order valence-electron chi connectivity index (χ3n) is 4.28. The molecule has 1 atom stereocenters. The summed E-state index contributed by atoms with van der Waals surface area (Å²) in [5.74, 6) is 0.781. The molecule has 4 rings (SSSR count). The molecule has 3 aromatic rings. The summed E-state index contributed by atoms with van der Waals surface area (Å²) in [6.45, 7) is 0.632. The molecular weight excluding hydrogens is 412 g/mol. The SMILES string of the molecule is O=C(NC[C@@H]1COc2ccccc2O1)c1ccc(Cl)c(NC(=O)c2cccs2)c1. The molecule has 1 aliphatic rings. The number of nitrogens with one attached hydrogen (secondary N) is 2. The number of anilines is 1. The second kappa shape index (κ2) is 8.55. The summed E-state index contributed by atoms with van der Waals surface area (Å²) in [6.07, 6.45) is -0.292. The molecule has 0 aliphatic carbocycles. The zero-order valence-corrected chi connectivity index (χ0v) is 16.8. The molecule has 0 radical (unpaired) electrons. The number of carbonyl (C=O) groups is 2. The summed E-state index contributed by atoms with van der Waals surface area (Å²) < 4.78 is 11.5. The van der Waals surface area contributed by atoms with Gasteiger partial charge in [0.1, 0.15) is 12.7 Å². The highest BCUT2D eigenvalue weighted by Crippen LogP contribution is 2.30. The van der Waals surface area contributed by atoms with Gasteiger partial charge in [-0.3, -0.25) is 9.59 Å². The summed E-state index contributed by atoms with van der Waals surface area (Å²) in [7, 11) is 0. The normalized spacial score (nSPS) is 14.9. The molecule has 1 aromatic heterocycles. The van der Waals surface area contributed by atoms with Crippen molar-refractivity contribution >= 4 is 40.4 Å². The Morgan fingerprint density at radius 3 is 2.69 bits per heavy atom. The number of hydrogen-bond donors (Lipinski definition) is 2. The van der Waals surface area contributed by atoms with E-state index in [1.807, 2.05) is 29.6 Å². The van der Waals surface area contributed by atoms with E-state index in [0.29, 0.717) is 39.3 Å². The molecule has 0 fully saturated rings. The fraction of sp³-hybridized carbons (Fsp3) is 0.143. The van der Waals surface area contributed by atoms with Crippen molar-refractivity contribution in [3.63, 3.8) is 0 Å². The smallest absolute Gasteiger partial charge is 0.265 e. The van der Waals surface area contributed by atoms with Gasteiger partial charge in [-0.1, -0.05) is 29.8 Å². The molecule has 148 valence electrons. The van der Waals surface area contributed by atoms with Crippen molar-refractivity contribution in [2.45, 2.75) is 6.10 Å². The Hall–Kier alpha value is -3.03. The van der Waals surface area contributed by atoms with Crippen LogP contribution in [0.3, 0.4) is 0 Å². The minimum absolute atomic E-state index is 0.272. The predicted molar refractivity (Wildman–Crippen MR) is 112 cm³/mol. The molecule has 0 spiro atoms. The van der Waals surface area contributed by atoms with Crippen molar-refractivity contribution in [1.29, 1.82) is 0 Å². The average molecular weight is 429 g/mol. The van der Waals surface area contributed by atoms with Gasteiger partial charge in [0.25, 0.3) is 11.8 Å². The molecule has 2 heterocycles. The first kappa shape index (κ1) is 19.3. The number of fused-ring (bicyclic) bond motifs is 1. The lowest BCUT2D eigenvalue weighted by Gasteiger charge is -2.26. The molecule has 8 heteroatoms. The van der Waals surface area contributed by atoms with E-state index in [2.05, 4.69) is 10.6 Å². The summed E-state index contributed by atoms with van der Waals surface area (Å²) in [6, 6.07) is 15.6. The van der Waals surface area contributed by atoms with Gasteiger partial charge in [-0.25, -0.2) is 0 Å². The Morgan fingerprint density at radius 2 is 1.90 bits per heavy atom. The maximum Gasteiger partial charge on any atom is 0.265 e. The van der Waals surface area contributed by atoms with E-state index < -0.39 is 0 Å². The van der Waals surface area contributed by atoms with E-state index in [-0.39, 0.29) is 24.5 Å². The van der Waals surface area contributed by atoms with Crippen LogP contribution in [-0.2, 0) is 0 Å². The quantitative estimate of drug-likeness (QED) is 0.637. The second-order valence-electron chi connectivity index (χ2n) is 6.33. The zero-order valence-electron chi connectivity index (χ0n) is 15.2. The van der Waals surface area contributed by atoms with Gasteiger partial charge in [-0.2, -0.15) is 0 Å². The number of carbonyl (C=O) groups excluding carboxylic acids is 2. The summed E-state index contributed by atoms with van der Waals surface area (Å²) in [5, 5.41) is 7.74. The van der Waals surface area contributed by atoms with E-state index in [4.69, 9.17) is 21.1 Å². The van der Waals surface area contributed by atoms with Crippen LogP contribution < -0.4 is 20.1 Å². The first-order chi connectivity index (χ1) is 14.1. The fourth-order valence-electron chi connectivity index (χ4n) is 2.83. The molecule has 0 saturated carbocycles. The van der Waals surface area contributed by atoms with Crippen molar-refractivity contribution in [3.8, 4) is 11.5 Å². The van der Waals surface area contributed by atoms with Gasteiger partial charge in [-0.15, -0.1) is 11.3 Å². The minimum Gasteiger partial charge on any atom is -0.486 e. The van der Waals surface area contributed by atoms with Gasteiger partial charge in [0.05, 0.1) is 22.1 Å². The van der Waals surface area contributed by atoms with Gasteiger partial charge in [0, 0.05) is 5.56 Å². The molecular formula is C21H17ClN2O4S. The second-order valence-corrected chi connectivity index (χ2v) is 7.69. The van der Waals surface area contributed by atoms with Gasteiger partial charge in [0.2, 0.25) is 0 Å². The Balaban J connectivity index is 1.38. The minimum atomic E-state index is -0.296. The van der Waals surface area contributed by atoms with Crippen molar-refractivity contribution < 1.29 is 19.1 Å². The Labute approximate surface area is 176 Å². The van der Waals surface area contributed by atoms with Gasteiger partial charge < -0.3 is 20.1 Å². The van der Waals surface area contributed by atoms with Crippen LogP contribution in [0.5, 0.6) is 11.5 Å². The molecule has 0 bridgehead atoms. The van der Waals surface area contributed by atoms with Crippen molar-refractivity contribution in [2.24, 2.45) is 0 Å². The number of amides is 2. The molecule has 2 aromatic carbocycles. The molecule has 6 nitrogen and oxygen atoms in total. The molecule has 0 saturated heterocycles. The molecule has 0 unspecified atom stereocenters. The number of para-hydroxylation sites is 2. The van der Waals surface area contributed by atoms with E-state index >= 15 is 0 Å². The third kappa shape index (κ3) is 4.52. The number of rotatable bonds is 5. The van der Waals surface area contributed by atoms with E-state index in [1.54, 1.807) is 30.3 Å². The van der Waals surface area contributed by atoms with Crippen LogP contribution >= 0.6 is 22.9 Å².